The van der Waals surface area contributed by atoms with Crippen molar-refractivity contribution in [1.82, 2.24) is 0 Å². The van der Waals surface area contributed by atoms with Gasteiger partial charge in [-0.2, -0.15) is 18.6 Å². The summed E-state index contributed by atoms with van der Waals surface area (Å²) in [5.74, 6) is 4.51. The van der Waals surface area contributed by atoms with E-state index in [9.17, 15) is 8.42 Å². The van der Waals surface area contributed by atoms with Crippen molar-refractivity contribution in [1.29, 1.82) is 0 Å². The molecule has 0 aromatic rings. The zero-order valence-corrected chi connectivity index (χ0v) is 7.65. The second-order valence-electron chi connectivity index (χ2n) is 1.80. The van der Waals surface area contributed by atoms with Crippen LogP contribution in [0.15, 0.2) is 0 Å². The molecule has 0 heterocycles. The first kappa shape index (κ1) is 10.3. The Labute approximate surface area is 62.7 Å². The Balaban J connectivity index is 3.49. The summed E-state index contributed by atoms with van der Waals surface area (Å²) in [6, 6.07) is 0. The molecular formula is C4H12NO3PS. The lowest BCUT2D eigenvalue weighted by atomic mass is 10.4. The molecule has 0 fully saturated rings. The van der Waals surface area contributed by atoms with Gasteiger partial charge >= 0.3 is 0 Å². The van der Waals surface area contributed by atoms with Crippen LogP contribution in [-0.2, 0) is 14.0 Å². The molecule has 0 rings (SSSR count). The zero-order valence-electron chi connectivity index (χ0n) is 5.83. The van der Waals surface area contributed by atoms with Gasteiger partial charge in [-0.15, -0.1) is 0 Å². The highest BCUT2D eigenvalue weighted by atomic mass is 32.8. The Morgan fingerprint density at radius 2 is 2.20 bits per heavy atom. The number of hydrogen-bond donors (Lipinski definition) is 1. The minimum atomic E-state index is -3.39. The van der Waals surface area contributed by atoms with E-state index in [2.05, 4.69) is 10.2 Å². The number of hydrogen-bond acceptors (Lipinski definition) is 4. The summed E-state index contributed by atoms with van der Waals surface area (Å²) in [4.78, 5) is 0. The molecule has 0 aliphatic carbocycles. The van der Waals surface area contributed by atoms with E-state index in [1.807, 2.05) is 6.92 Å². The molecule has 62 valence electrons. The van der Waals surface area contributed by atoms with Crippen LogP contribution in [0.3, 0.4) is 0 Å². The predicted octanol–water partition coefficient (Wildman–Crippen LogP) is 0.600. The van der Waals surface area contributed by atoms with Crippen LogP contribution in [0, 0.1) is 0 Å². The first-order valence-corrected chi connectivity index (χ1v) is 6.34. The van der Waals surface area contributed by atoms with Crippen LogP contribution in [0.25, 0.3) is 0 Å². The van der Waals surface area contributed by atoms with Gasteiger partial charge in [-0.25, -0.2) is 0 Å². The van der Waals surface area contributed by atoms with Crippen molar-refractivity contribution < 1.29 is 12.7 Å². The van der Waals surface area contributed by atoms with Crippen molar-refractivity contribution in [3.8, 4) is 0 Å². The minimum absolute atomic E-state index is 0.209. The zero-order chi connectivity index (χ0) is 8.04. The van der Waals surface area contributed by atoms with E-state index in [1.54, 1.807) is 0 Å². The average molecular weight is 185 g/mol. The standard InChI is InChI=1S/C4H12NO3PS/c1-2-3-4-9-10(6,7)8-5/h9H,2-5H2,1H3. The van der Waals surface area contributed by atoms with Crippen molar-refractivity contribution >= 4 is 17.5 Å². The van der Waals surface area contributed by atoms with E-state index in [-0.39, 0.29) is 7.78 Å². The van der Waals surface area contributed by atoms with Gasteiger partial charge < -0.3 is 0 Å². The van der Waals surface area contributed by atoms with Gasteiger partial charge in [0.2, 0.25) is 0 Å². The number of unbranched alkanes of at least 4 members (excludes halogenated alkanes) is 1. The summed E-state index contributed by atoms with van der Waals surface area (Å²) in [6.07, 6.45) is 2.55. The quantitative estimate of drug-likeness (QED) is 0.387. The lowest BCUT2D eigenvalue weighted by Gasteiger charge is -1.97. The molecule has 0 spiro atoms. The van der Waals surface area contributed by atoms with Gasteiger partial charge in [-0.1, -0.05) is 13.3 Å². The Hall–Kier alpha value is 0.300. The largest absolute Gasteiger partial charge is 0.296 e. The molecule has 0 aliphatic heterocycles. The van der Waals surface area contributed by atoms with Crippen LogP contribution < -0.4 is 5.90 Å². The molecule has 10 heavy (non-hydrogen) atoms. The molecule has 4 nitrogen and oxygen atoms in total. The van der Waals surface area contributed by atoms with Crippen molar-refractivity contribution in [3.05, 3.63) is 0 Å². The molecule has 0 aliphatic rings. The van der Waals surface area contributed by atoms with Gasteiger partial charge in [0, 0.05) is 7.78 Å². The lowest BCUT2D eigenvalue weighted by Crippen LogP contribution is -2.05. The third-order valence-electron chi connectivity index (χ3n) is 0.936. The normalized spacial score (nSPS) is 13.0. The van der Waals surface area contributed by atoms with Gasteiger partial charge in [-0.05, 0) is 12.6 Å². The van der Waals surface area contributed by atoms with Gasteiger partial charge in [0.1, 0.15) is 0 Å². The van der Waals surface area contributed by atoms with E-state index in [1.165, 1.54) is 0 Å². The van der Waals surface area contributed by atoms with Gasteiger partial charge in [0.05, 0.1) is 0 Å². The van der Waals surface area contributed by atoms with Crippen molar-refractivity contribution in [2.75, 3.05) is 6.16 Å². The van der Waals surface area contributed by atoms with E-state index < -0.39 is 9.74 Å². The van der Waals surface area contributed by atoms with Gasteiger partial charge in [-0.3, -0.25) is 0 Å². The molecular weight excluding hydrogens is 173 g/mol. The van der Waals surface area contributed by atoms with E-state index in [0.29, 0.717) is 6.16 Å². The fourth-order valence-corrected chi connectivity index (χ4v) is 2.61. The Bertz CT molecular complexity index is 167. The van der Waals surface area contributed by atoms with E-state index in [0.717, 1.165) is 12.8 Å². The lowest BCUT2D eigenvalue weighted by molar-refractivity contribution is 0.345. The molecule has 0 saturated carbocycles. The second kappa shape index (κ2) is 5.02. The highest BCUT2D eigenvalue weighted by molar-refractivity contribution is 8.40. The average Bonchev–Trinajstić information content (AvgIpc) is 1.89. The van der Waals surface area contributed by atoms with Crippen LogP contribution in [0.4, 0.5) is 0 Å². The molecule has 0 saturated heterocycles. The van der Waals surface area contributed by atoms with Crippen LogP contribution in [0.1, 0.15) is 19.8 Å². The van der Waals surface area contributed by atoms with Crippen molar-refractivity contribution in [2.45, 2.75) is 19.8 Å². The van der Waals surface area contributed by atoms with Crippen molar-refractivity contribution in [2.24, 2.45) is 5.90 Å². The fraction of sp³-hybridized carbons (Fsp3) is 1.00. The second-order valence-corrected chi connectivity index (χ2v) is 6.05. The van der Waals surface area contributed by atoms with Crippen LogP contribution in [0.5, 0.6) is 0 Å². The predicted molar refractivity (Wildman–Crippen MR) is 42.3 cm³/mol. The maximum atomic E-state index is 10.5. The number of rotatable bonds is 5. The smallest absolute Gasteiger partial charge is 0.197 e. The summed E-state index contributed by atoms with van der Waals surface area (Å²) < 4.78 is 24.8. The maximum Gasteiger partial charge on any atom is 0.296 e. The monoisotopic (exact) mass is 185 g/mol. The molecule has 0 bridgehead atoms. The van der Waals surface area contributed by atoms with Crippen molar-refractivity contribution in [3.63, 3.8) is 0 Å². The summed E-state index contributed by atoms with van der Waals surface area (Å²) in [6.45, 7) is 2.00. The molecule has 0 amide bonds. The fourth-order valence-electron chi connectivity index (χ4n) is 0.408. The van der Waals surface area contributed by atoms with Gasteiger partial charge in [0.25, 0.3) is 9.74 Å². The highest BCUT2D eigenvalue weighted by Gasteiger charge is 2.06. The summed E-state index contributed by atoms with van der Waals surface area (Å²) in [7, 11) is -3.60. The Kier molecular flexibility index (Phi) is 5.17. The molecule has 0 aromatic heterocycles. The minimum Gasteiger partial charge on any atom is -0.197 e. The highest BCUT2D eigenvalue weighted by Crippen LogP contribution is 2.21. The first-order valence-electron chi connectivity index (χ1n) is 3.00. The molecule has 1 unspecified atom stereocenters. The van der Waals surface area contributed by atoms with E-state index in [4.69, 9.17) is 0 Å². The van der Waals surface area contributed by atoms with E-state index >= 15 is 0 Å². The summed E-state index contributed by atoms with van der Waals surface area (Å²) in [5.41, 5.74) is 0. The summed E-state index contributed by atoms with van der Waals surface area (Å²) >= 11 is 0. The van der Waals surface area contributed by atoms with Crippen LogP contribution in [0.2, 0.25) is 0 Å². The molecule has 0 aromatic carbocycles. The molecule has 1 atom stereocenters. The van der Waals surface area contributed by atoms with Crippen LogP contribution >= 0.6 is 7.78 Å². The SMILES string of the molecule is CCCCPS(=O)(=O)ON. The third kappa shape index (κ3) is 5.11. The van der Waals surface area contributed by atoms with Crippen LogP contribution in [-0.4, -0.2) is 14.6 Å². The van der Waals surface area contributed by atoms with Gasteiger partial charge in [0.15, 0.2) is 0 Å². The Morgan fingerprint density at radius 3 is 2.60 bits per heavy atom. The topological polar surface area (TPSA) is 69.4 Å². The Morgan fingerprint density at radius 1 is 1.60 bits per heavy atom. The molecule has 6 heteroatoms. The third-order valence-corrected chi connectivity index (χ3v) is 4.06. The molecule has 2 N–H and O–H groups in total. The molecule has 0 radical (unpaired) electrons. The number of nitrogens with two attached hydrogens (primary N) is 1. The maximum absolute atomic E-state index is 10.5. The summed E-state index contributed by atoms with van der Waals surface area (Å²) in [5, 5.41) is 0. The first-order chi connectivity index (χ1) is 4.62.